The Morgan fingerprint density at radius 1 is 0.909 bits per heavy atom. The number of sulfonamides is 1. The van der Waals surface area contributed by atoms with Crippen molar-refractivity contribution in [2.24, 2.45) is 0 Å². The van der Waals surface area contributed by atoms with E-state index in [9.17, 15) is 16.8 Å². The van der Waals surface area contributed by atoms with Gasteiger partial charge in [0.15, 0.2) is 0 Å². The first-order valence-corrected chi connectivity index (χ1v) is 13.0. The number of benzene rings is 1. The van der Waals surface area contributed by atoms with E-state index in [-0.39, 0.29) is 49.0 Å². The molecule has 0 radical (unpaired) electrons. The van der Waals surface area contributed by atoms with Crippen LogP contribution in [0.5, 0.6) is 0 Å². The van der Waals surface area contributed by atoms with Crippen LogP contribution < -0.4 is 20.7 Å². The van der Waals surface area contributed by atoms with Crippen LogP contribution in [0.2, 0.25) is 0 Å². The fourth-order valence-corrected chi connectivity index (χ4v) is 3.03. The summed E-state index contributed by atoms with van der Waals surface area (Å²) in [6, 6.07) is 5.39. The number of aromatic nitrogens is 3. The number of nitrogens with one attached hydrogen (secondary N) is 4. The lowest BCUT2D eigenvalue weighted by atomic mass is 10.3. The number of rotatable bonds is 11. The fraction of sp³-hybridized carbons (Fsp3) is 0.357. The lowest BCUT2D eigenvalue weighted by molar-refractivity contribution is 0.311. The molecule has 0 fully saturated rings. The Hall–Kier alpha value is -2.97. The third-order valence-electron chi connectivity index (χ3n) is 3.19. The summed E-state index contributed by atoms with van der Waals surface area (Å²) in [6.07, 6.45) is 1.04. The number of aliphatic hydroxyl groups is 1. The summed E-state index contributed by atoms with van der Waals surface area (Å²) in [6.45, 7) is 0.306. The van der Waals surface area contributed by atoms with E-state index in [1.807, 2.05) is 0 Å². The molecule has 0 saturated heterocycles. The summed E-state index contributed by atoms with van der Waals surface area (Å²) in [7, 11) is -10.8. The number of hydrogen-bond donors (Lipinski definition) is 6. The monoisotopic (exact) mass is 527 g/mol. The Labute approximate surface area is 190 Å². The maximum absolute atomic E-state index is 11.3. The van der Waals surface area contributed by atoms with Crippen LogP contribution in [0.25, 0.3) is 0 Å². The van der Waals surface area contributed by atoms with Crippen LogP contribution in [0.4, 0.5) is 23.5 Å². The summed E-state index contributed by atoms with van der Waals surface area (Å²) in [5.41, 5.74) is 0.295. The maximum atomic E-state index is 11.3. The Morgan fingerprint density at radius 3 is 1.97 bits per heavy atom. The number of hydrogen-bond acceptors (Lipinski definition) is 14. The summed E-state index contributed by atoms with van der Waals surface area (Å²) in [4.78, 5) is 12.0. The van der Waals surface area contributed by atoms with Crippen LogP contribution in [0, 0.1) is 0 Å². The Bertz CT molecular complexity index is 1250. The topological polar surface area (TPSA) is 247 Å². The van der Waals surface area contributed by atoms with Gasteiger partial charge in [0.1, 0.15) is 0 Å². The molecule has 19 heteroatoms. The van der Waals surface area contributed by atoms with Gasteiger partial charge in [0.05, 0.1) is 17.8 Å². The molecule has 0 saturated carbocycles. The molecule has 1 aromatic carbocycles. The zero-order valence-electron chi connectivity index (χ0n) is 17.0. The average Bonchev–Trinajstić information content (AvgIpc) is 2.68. The van der Waals surface area contributed by atoms with Crippen molar-refractivity contribution < 1.29 is 39.1 Å². The SMILES string of the molecule is CS(=O)(=O)NCCNc1nc(NCCO)nc(Nc2cccc(S(=O)(=O)O)c2)n1.O=S(=O)=O. The molecular formula is C14H21N7O9S3. The molecule has 184 valence electrons. The molecular weight excluding hydrogens is 506 g/mol. The van der Waals surface area contributed by atoms with Crippen molar-refractivity contribution in [3.63, 3.8) is 0 Å². The van der Waals surface area contributed by atoms with Crippen LogP contribution in [-0.4, -0.2) is 86.6 Å². The van der Waals surface area contributed by atoms with Gasteiger partial charge in [-0.3, -0.25) is 4.55 Å². The van der Waals surface area contributed by atoms with Crippen molar-refractivity contribution in [1.29, 1.82) is 0 Å². The molecule has 0 atom stereocenters. The maximum Gasteiger partial charge on any atom is 0.425 e. The largest absolute Gasteiger partial charge is 0.425 e. The van der Waals surface area contributed by atoms with E-state index >= 15 is 0 Å². The van der Waals surface area contributed by atoms with Crippen LogP contribution in [0.15, 0.2) is 29.2 Å². The van der Waals surface area contributed by atoms with Crippen LogP contribution >= 0.6 is 0 Å². The first kappa shape index (κ1) is 28.1. The molecule has 0 aliphatic carbocycles. The first-order valence-electron chi connectivity index (χ1n) is 8.71. The minimum atomic E-state index is -4.37. The Kier molecular flexibility index (Phi) is 11.0. The molecule has 0 bridgehead atoms. The molecule has 1 heterocycles. The minimum absolute atomic E-state index is 0.0477. The van der Waals surface area contributed by atoms with E-state index in [0.29, 0.717) is 5.69 Å². The molecule has 1 aromatic heterocycles. The molecule has 16 nitrogen and oxygen atoms in total. The molecule has 0 aliphatic rings. The lowest BCUT2D eigenvalue weighted by Crippen LogP contribution is -2.28. The van der Waals surface area contributed by atoms with Gasteiger partial charge in [-0.25, -0.2) is 13.1 Å². The third-order valence-corrected chi connectivity index (χ3v) is 4.77. The van der Waals surface area contributed by atoms with Crippen molar-refractivity contribution >= 4 is 54.3 Å². The highest BCUT2D eigenvalue weighted by molar-refractivity contribution is 7.88. The summed E-state index contributed by atoms with van der Waals surface area (Å²) in [5, 5.41) is 17.3. The van der Waals surface area contributed by atoms with E-state index in [1.165, 1.54) is 18.2 Å². The van der Waals surface area contributed by atoms with E-state index in [2.05, 4.69) is 35.6 Å². The quantitative estimate of drug-likeness (QED) is 0.140. The number of nitrogens with zero attached hydrogens (tertiary/aromatic N) is 3. The van der Waals surface area contributed by atoms with Crippen molar-refractivity contribution in [1.82, 2.24) is 19.7 Å². The van der Waals surface area contributed by atoms with Crippen molar-refractivity contribution in [3.8, 4) is 0 Å². The second-order valence-corrected chi connectivity index (χ2v) is 9.54. The van der Waals surface area contributed by atoms with Gasteiger partial charge in [-0.1, -0.05) is 6.07 Å². The standard InChI is InChI=1S/C14H21N7O6S2.O3S/c1-28(23,24)17-6-5-15-12-19-13(16-7-8-22)21-14(20-12)18-10-3-2-4-11(9-10)29(25,26)27;1-4(2)3/h2-4,9,17,22H,5-8H2,1H3,(H,25,26,27)(H3,15,16,18,19,20,21);. The van der Waals surface area contributed by atoms with Crippen LogP contribution in [0.1, 0.15) is 0 Å². The van der Waals surface area contributed by atoms with Crippen molar-refractivity contribution in [2.75, 3.05) is 48.4 Å². The summed E-state index contributed by atoms with van der Waals surface area (Å²) >= 11 is 0. The zero-order chi connectivity index (χ0) is 25.1. The second-order valence-electron chi connectivity index (χ2n) is 5.88. The van der Waals surface area contributed by atoms with Gasteiger partial charge < -0.3 is 21.1 Å². The Morgan fingerprint density at radius 2 is 1.45 bits per heavy atom. The van der Waals surface area contributed by atoms with E-state index in [1.54, 1.807) is 6.07 Å². The van der Waals surface area contributed by atoms with Gasteiger partial charge in [0, 0.05) is 25.3 Å². The molecule has 2 aromatic rings. The smallest absolute Gasteiger partial charge is 0.395 e. The minimum Gasteiger partial charge on any atom is -0.395 e. The average molecular weight is 528 g/mol. The van der Waals surface area contributed by atoms with Gasteiger partial charge in [0.2, 0.25) is 27.9 Å². The molecule has 0 aliphatic heterocycles. The molecule has 6 N–H and O–H groups in total. The highest BCUT2D eigenvalue weighted by Gasteiger charge is 2.11. The van der Waals surface area contributed by atoms with Crippen LogP contribution in [-0.2, 0) is 30.8 Å². The van der Waals surface area contributed by atoms with Crippen molar-refractivity contribution in [2.45, 2.75) is 4.90 Å². The molecule has 0 spiro atoms. The molecule has 0 amide bonds. The van der Waals surface area contributed by atoms with E-state index in [0.717, 1.165) is 6.26 Å². The third kappa shape index (κ3) is 12.6. The lowest BCUT2D eigenvalue weighted by Gasteiger charge is -2.11. The van der Waals surface area contributed by atoms with Gasteiger partial charge in [-0.05, 0) is 18.2 Å². The van der Waals surface area contributed by atoms with Gasteiger partial charge >= 0.3 is 10.6 Å². The second kappa shape index (κ2) is 12.9. The highest BCUT2D eigenvalue weighted by Crippen LogP contribution is 2.19. The molecule has 33 heavy (non-hydrogen) atoms. The highest BCUT2D eigenvalue weighted by atomic mass is 32.2. The number of anilines is 4. The van der Waals surface area contributed by atoms with Gasteiger partial charge in [0.25, 0.3) is 10.1 Å². The fourth-order valence-electron chi connectivity index (χ4n) is 2.03. The first-order chi connectivity index (χ1) is 15.3. The van der Waals surface area contributed by atoms with Crippen molar-refractivity contribution in [3.05, 3.63) is 24.3 Å². The van der Waals surface area contributed by atoms with E-state index < -0.39 is 30.8 Å². The van der Waals surface area contributed by atoms with Gasteiger partial charge in [-0.2, -0.15) is 23.4 Å². The van der Waals surface area contributed by atoms with Gasteiger partial charge in [-0.15, -0.1) is 12.6 Å². The van der Waals surface area contributed by atoms with E-state index in [4.69, 9.17) is 22.3 Å². The zero-order valence-corrected chi connectivity index (χ0v) is 19.4. The number of aliphatic hydroxyl groups excluding tert-OH is 1. The summed E-state index contributed by atoms with van der Waals surface area (Å²) in [5.74, 6) is 0.289. The Balaban J connectivity index is 0.00000125. The predicted molar refractivity (Wildman–Crippen MR) is 116 cm³/mol. The summed E-state index contributed by atoms with van der Waals surface area (Å²) < 4.78 is 81.5. The predicted octanol–water partition coefficient (Wildman–Crippen LogP) is -1.78. The molecule has 2 rings (SSSR count). The molecule has 0 unspecified atom stereocenters. The van der Waals surface area contributed by atoms with Crippen LogP contribution in [0.3, 0.4) is 0 Å². The normalized spacial score (nSPS) is 11.1.